The summed E-state index contributed by atoms with van der Waals surface area (Å²) in [5, 5.41) is 1.95. The second kappa shape index (κ2) is 9.05. The third kappa shape index (κ3) is 4.77. The summed E-state index contributed by atoms with van der Waals surface area (Å²) in [6, 6.07) is 9.59. The van der Waals surface area contributed by atoms with Gasteiger partial charge in [-0.3, -0.25) is 4.79 Å². The van der Waals surface area contributed by atoms with Gasteiger partial charge >= 0.3 is 0 Å². The number of methoxy groups -OCH3 is 2. The Bertz CT molecular complexity index is 686. The van der Waals surface area contributed by atoms with Gasteiger partial charge in [-0.1, -0.05) is 6.07 Å². The van der Waals surface area contributed by atoms with Gasteiger partial charge in [0.05, 0.1) is 25.7 Å². The van der Waals surface area contributed by atoms with Crippen LogP contribution in [0, 0.1) is 5.92 Å². The summed E-state index contributed by atoms with van der Waals surface area (Å²) < 4.78 is 16.5. The van der Waals surface area contributed by atoms with Gasteiger partial charge in [0, 0.05) is 25.8 Å². The summed E-state index contributed by atoms with van der Waals surface area (Å²) in [5.74, 6) is 2.18. The number of carbonyl (C=O) groups excluding carboxylic acids is 1. The van der Waals surface area contributed by atoms with E-state index in [1.807, 2.05) is 40.6 Å². The number of likely N-dealkylation sites (tertiary alicyclic amines) is 1. The van der Waals surface area contributed by atoms with Crippen molar-refractivity contribution in [1.82, 2.24) is 4.90 Å². The lowest BCUT2D eigenvalue weighted by atomic mass is 9.97. The number of piperidine rings is 1. The molecule has 0 N–H and O–H groups in total. The van der Waals surface area contributed by atoms with E-state index in [2.05, 4.69) is 0 Å². The molecule has 1 aliphatic rings. The molecule has 0 unspecified atom stereocenters. The molecule has 1 aliphatic heterocycles. The predicted octanol–water partition coefficient (Wildman–Crippen LogP) is 3.83. The molecule has 0 radical (unpaired) electrons. The minimum atomic E-state index is 0.155. The molecule has 1 saturated heterocycles. The summed E-state index contributed by atoms with van der Waals surface area (Å²) in [4.78, 5) is 15.1. The summed E-state index contributed by atoms with van der Waals surface area (Å²) >= 11 is 1.51. The fourth-order valence-corrected chi connectivity index (χ4v) is 3.84. The smallest absolute Gasteiger partial charge is 0.263 e. The Morgan fingerprint density at radius 2 is 1.85 bits per heavy atom. The first kappa shape index (κ1) is 18.7. The zero-order valence-electron chi connectivity index (χ0n) is 15.3. The SMILES string of the molecule is COc1cc(COCC2CCN(C(=O)c3cccs3)CC2)cc(OC)c1. The Hall–Kier alpha value is -2.05. The van der Waals surface area contributed by atoms with Crippen LogP contribution in [0.2, 0.25) is 0 Å². The molecule has 0 bridgehead atoms. The number of nitrogens with zero attached hydrogens (tertiary/aromatic N) is 1. The molecule has 0 atom stereocenters. The van der Waals surface area contributed by atoms with E-state index in [1.54, 1.807) is 14.2 Å². The van der Waals surface area contributed by atoms with Crippen LogP contribution in [0.5, 0.6) is 11.5 Å². The quantitative estimate of drug-likeness (QED) is 0.738. The molecule has 0 saturated carbocycles. The van der Waals surface area contributed by atoms with Crippen LogP contribution in [-0.2, 0) is 11.3 Å². The maximum Gasteiger partial charge on any atom is 0.263 e. The van der Waals surface area contributed by atoms with E-state index in [9.17, 15) is 4.79 Å². The van der Waals surface area contributed by atoms with Crippen molar-refractivity contribution in [3.63, 3.8) is 0 Å². The van der Waals surface area contributed by atoms with Crippen LogP contribution in [0.15, 0.2) is 35.7 Å². The first-order valence-electron chi connectivity index (χ1n) is 8.82. The minimum Gasteiger partial charge on any atom is -0.497 e. The van der Waals surface area contributed by atoms with Gasteiger partial charge < -0.3 is 19.1 Å². The minimum absolute atomic E-state index is 0.155. The Morgan fingerprint density at radius 1 is 1.15 bits per heavy atom. The molecular weight excluding hydrogens is 350 g/mol. The van der Waals surface area contributed by atoms with Crippen LogP contribution < -0.4 is 9.47 Å². The highest BCUT2D eigenvalue weighted by Crippen LogP contribution is 2.24. The first-order chi connectivity index (χ1) is 12.7. The number of benzene rings is 1. The summed E-state index contributed by atoms with van der Waals surface area (Å²) in [6.07, 6.45) is 1.97. The summed E-state index contributed by atoms with van der Waals surface area (Å²) in [6.45, 7) is 2.85. The Labute approximate surface area is 158 Å². The highest BCUT2D eigenvalue weighted by atomic mass is 32.1. The van der Waals surface area contributed by atoms with Crippen LogP contribution in [0.4, 0.5) is 0 Å². The van der Waals surface area contributed by atoms with Gasteiger partial charge in [0.1, 0.15) is 11.5 Å². The number of thiophene rings is 1. The number of ether oxygens (including phenoxy) is 3. The molecule has 0 spiro atoms. The van der Waals surface area contributed by atoms with E-state index in [0.717, 1.165) is 47.9 Å². The average molecular weight is 375 g/mol. The van der Waals surface area contributed by atoms with Gasteiger partial charge in [-0.15, -0.1) is 11.3 Å². The molecule has 1 aromatic heterocycles. The van der Waals surface area contributed by atoms with E-state index >= 15 is 0 Å². The molecule has 6 heteroatoms. The lowest BCUT2D eigenvalue weighted by molar-refractivity contribution is 0.0480. The van der Waals surface area contributed by atoms with E-state index in [-0.39, 0.29) is 5.91 Å². The molecule has 1 amide bonds. The van der Waals surface area contributed by atoms with Crippen molar-refractivity contribution < 1.29 is 19.0 Å². The average Bonchev–Trinajstić information content (AvgIpc) is 3.22. The lowest BCUT2D eigenvalue weighted by Gasteiger charge is -2.31. The standard InChI is InChI=1S/C20H25NO4S/c1-23-17-10-16(11-18(12-17)24-2)14-25-13-15-5-7-21(8-6-15)20(22)19-4-3-9-26-19/h3-4,9-12,15H,5-8,13-14H2,1-2H3. The van der Waals surface area contributed by atoms with Crippen molar-refractivity contribution in [2.45, 2.75) is 19.4 Å². The van der Waals surface area contributed by atoms with Gasteiger partial charge in [0.2, 0.25) is 0 Å². The summed E-state index contributed by atoms with van der Waals surface area (Å²) in [7, 11) is 3.29. The molecule has 140 valence electrons. The molecular formula is C20H25NO4S. The van der Waals surface area contributed by atoms with Gasteiger partial charge in [-0.2, -0.15) is 0 Å². The number of hydrogen-bond donors (Lipinski definition) is 0. The van der Waals surface area contributed by atoms with Crippen molar-refractivity contribution in [3.05, 3.63) is 46.2 Å². The fraction of sp³-hybridized carbons (Fsp3) is 0.450. The Kier molecular flexibility index (Phi) is 6.52. The highest BCUT2D eigenvalue weighted by molar-refractivity contribution is 7.12. The zero-order chi connectivity index (χ0) is 18.4. The van der Waals surface area contributed by atoms with Crippen LogP contribution in [-0.4, -0.2) is 44.7 Å². The topological polar surface area (TPSA) is 48.0 Å². The Balaban J connectivity index is 1.43. The number of carbonyl (C=O) groups is 1. The normalized spacial score (nSPS) is 15.1. The lowest BCUT2D eigenvalue weighted by Crippen LogP contribution is -2.39. The van der Waals surface area contributed by atoms with E-state index in [0.29, 0.717) is 19.1 Å². The third-order valence-corrected chi connectivity index (χ3v) is 5.53. The predicted molar refractivity (Wildman–Crippen MR) is 102 cm³/mol. The van der Waals surface area contributed by atoms with Gasteiger partial charge in [-0.25, -0.2) is 0 Å². The third-order valence-electron chi connectivity index (χ3n) is 4.67. The largest absolute Gasteiger partial charge is 0.497 e. The molecule has 1 fully saturated rings. The van der Waals surface area contributed by atoms with E-state index in [1.165, 1.54) is 11.3 Å². The van der Waals surface area contributed by atoms with Gasteiger partial charge in [-0.05, 0) is 47.9 Å². The van der Waals surface area contributed by atoms with Crippen LogP contribution in [0.1, 0.15) is 28.1 Å². The maximum absolute atomic E-state index is 12.4. The van der Waals surface area contributed by atoms with Crippen LogP contribution in [0.25, 0.3) is 0 Å². The molecule has 3 rings (SSSR count). The molecule has 2 aromatic rings. The maximum atomic E-state index is 12.4. The number of hydrogen-bond acceptors (Lipinski definition) is 5. The van der Waals surface area contributed by atoms with Gasteiger partial charge in [0.25, 0.3) is 5.91 Å². The molecule has 0 aliphatic carbocycles. The zero-order valence-corrected chi connectivity index (χ0v) is 16.1. The van der Waals surface area contributed by atoms with Crippen LogP contribution in [0.3, 0.4) is 0 Å². The van der Waals surface area contributed by atoms with Crippen molar-refractivity contribution in [2.24, 2.45) is 5.92 Å². The molecule has 26 heavy (non-hydrogen) atoms. The summed E-state index contributed by atoms with van der Waals surface area (Å²) in [5.41, 5.74) is 1.03. The molecule has 5 nitrogen and oxygen atoms in total. The molecule has 1 aromatic carbocycles. The number of amides is 1. The number of rotatable bonds is 7. The van der Waals surface area contributed by atoms with Gasteiger partial charge in [0.15, 0.2) is 0 Å². The highest BCUT2D eigenvalue weighted by Gasteiger charge is 2.24. The van der Waals surface area contributed by atoms with Crippen molar-refractivity contribution in [2.75, 3.05) is 33.9 Å². The molecule has 2 heterocycles. The Morgan fingerprint density at radius 3 is 2.42 bits per heavy atom. The van der Waals surface area contributed by atoms with Crippen molar-refractivity contribution in [1.29, 1.82) is 0 Å². The second-order valence-corrected chi connectivity index (χ2v) is 7.40. The van der Waals surface area contributed by atoms with Crippen molar-refractivity contribution >= 4 is 17.2 Å². The van der Waals surface area contributed by atoms with Crippen molar-refractivity contribution in [3.8, 4) is 11.5 Å². The van der Waals surface area contributed by atoms with E-state index in [4.69, 9.17) is 14.2 Å². The van der Waals surface area contributed by atoms with E-state index < -0.39 is 0 Å². The monoisotopic (exact) mass is 375 g/mol. The second-order valence-electron chi connectivity index (χ2n) is 6.45. The fourth-order valence-electron chi connectivity index (χ4n) is 3.15. The van der Waals surface area contributed by atoms with Crippen LogP contribution >= 0.6 is 11.3 Å². The first-order valence-corrected chi connectivity index (χ1v) is 9.70.